The molecule has 0 radical (unpaired) electrons. The smallest absolute Gasteiger partial charge is 0.249 e. The lowest BCUT2D eigenvalue weighted by Gasteiger charge is -2.26. The summed E-state index contributed by atoms with van der Waals surface area (Å²) in [5.74, 6) is 0.0144. The zero-order valence-electron chi connectivity index (χ0n) is 11.6. The molecule has 5 heteroatoms. The summed E-state index contributed by atoms with van der Waals surface area (Å²) in [6.07, 6.45) is 3.80. The number of hydrogen-bond donors (Lipinski definition) is 1. The van der Waals surface area contributed by atoms with Crippen LogP contribution in [0.5, 0.6) is 0 Å². The predicted molar refractivity (Wildman–Crippen MR) is 75.5 cm³/mol. The van der Waals surface area contributed by atoms with Crippen molar-refractivity contribution in [2.75, 3.05) is 19.6 Å². The van der Waals surface area contributed by atoms with Crippen molar-refractivity contribution < 1.29 is 4.79 Å². The van der Waals surface area contributed by atoms with Crippen LogP contribution in [0.25, 0.3) is 0 Å². The number of pyridine rings is 1. The summed E-state index contributed by atoms with van der Waals surface area (Å²) >= 11 is 0. The lowest BCUT2D eigenvalue weighted by atomic mass is 10.0. The van der Waals surface area contributed by atoms with E-state index in [1.165, 1.54) is 0 Å². The fourth-order valence-electron chi connectivity index (χ4n) is 2.05. The number of aromatic nitrogens is 1. The Balaban J connectivity index is 2.11. The summed E-state index contributed by atoms with van der Waals surface area (Å²) in [6, 6.07) is 5.89. The first-order valence-corrected chi connectivity index (χ1v) is 6.67. The van der Waals surface area contributed by atoms with E-state index >= 15 is 0 Å². The SMILES string of the molecule is CC(C(=O)N(CCC#N)Cc1cccnc1)=C1CNC1. The van der Waals surface area contributed by atoms with Crippen molar-refractivity contribution in [3.8, 4) is 6.07 Å². The van der Waals surface area contributed by atoms with E-state index < -0.39 is 0 Å². The minimum absolute atomic E-state index is 0.0144. The first-order chi connectivity index (χ1) is 9.72. The molecule has 1 aromatic rings. The minimum Gasteiger partial charge on any atom is -0.334 e. The van der Waals surface area contributed by atoms with Crippen LogP contribution in [0.3, 0.4) is 0 Å². The highest BCUT2D eigenvalue weighted by atomic mass is 16.2. The molecule has 0 atom stereocenters. The van der Waals surface area contributed by atoms with Crippen molar-refractivity contribution in [3.63, 3.8) is 0 Å². The number of nitrogens with one attached hydrogen (secondary N) is 1. The molecule has 20 heavy (non-hydrogen) atoms. The van der Waals surface area contributed by atoms with E-state index in [-0.39, 0.29) is 5.91 Å². The second-order valence-corrected chi connectivity index (χ2v) is 4.83. The molecule has 0 bridgehead atoms. The Labute approximate surface area is 118 Å². The van der Waals surface area contributed by atoms with Gasteiger partial charge in [-0.2, -0.15) is 5.26 Å². The van der Waals surface area contributed by atoms with Gasteiger partial charge in [-0.25, -0.2) is 0 Å². The lowest BCUT2D eigenvalue weighted by Crippen LogP contribution is -2.39. The van der Waals surface area contributed by atoms with E-state index in [1.54, 1.807) is 17.3 Å². The number of carbonyl (C=O) groups excluding carboxylic acids is 1. The van der Waals surface area contributed by atoms with Crippen molar-refractivity contribution in [2.24, 2.45) is 0 Å². The van der Waals surface area contributed by atoms with Crippen LogP contribution < -0.4 is 5.32 Å². The normalized spacial score (nSPS) is 13.3. The predicted octanol–water partition coefficient (Wildman–Crippen LogP) is 1.24. The highest BCUT2D eigenvalue weighted by molar-refractivity contribution is 5.94. The molecule has 0 saturated carbocycles. The summed E-state index contributed by atoms with van der Waals surface area (Å²) in [7, 11) is 0. The number of nitriles is 1. The number of carbonyl (C=O) groups is 1. The van der Waals surface area contributed by atoms with Crippen molar-refractivity contribution in [1.82, 2.24) is 15.2 Å². The van der Waals surface area contributed by atoms with Gasteiger partial charge in [0.25, 0.3) is 0 Å². The van der Waals surface area contributed by atoms with E-state index in [2.05, 4.69) is 16.4 Å². The van der Waals surface area contributed by atoms with Crippen molar-refractivity contribution in [1.29, 1.82) is 5.26 Å². The molecule has 2 heterocycles. The standard InChI is InChI=1S/C15H18N4O/c1-12(14-9-18-10-14)15(20)19(7-3-5-16)11-13-4-2-6-17-8-13/h2,4,6,8,18H,3,7,9-11H2,1H3. The van der Waals surface area contributed by atoms with Gasteiger partial charge in [0.15, 0.2) is 0 Å². The molecule has 2 rings (SSSR count). The third kappa shape index (κ3) is 3.43. The molecular weight excluding hydrogens is 252 g/mol. The maximum atomic E-state index is 12.5. The molecule has 1 aliphatic heterocycles. The van der Waals surface area contributed by atoms with Crippen LogP contribution in [0.2, 0.25) is 0 Å². The van der Waals surface area contributed by atoms with Crippen LogP contribution in [0.1, 0.15) is 18.9 Å². The molecule has 0 spiro atoms. The Kier molecular flexibility index (Phi) is 4.85. The van der Waals surface area contributed by atoms with Gasteiger partial charge in [0, 0.05) is 44.1 Å². The Hall–Kier alpha value is -2.19. The fraction of sp³-hybridized carbons (Fsp3) is 0.400. The largest absolute Gasteiger partial charge is 0.334 e. The summed E-state index contributed by atoms with van der Waals surface area (Å²) in [5.41, 5.74) is 2.93. The van der Waals surface area contributed by atoms with Gasteiger partial charge in [-0.3, -0.25) is 9.78 Å². The van der Waals surface area contributed by atoms with E-state index in [0.717, 1.165) is 29.8 Å². The van der Waals surface area contributed by atoms with Gasteiger partial charge in [0.1, 0.15) is 0 Å². The van der Waals surface area contributed by atoms with Gasteiger partial charge in [-0.15, -0.1) is 0 Å². The molecule has 1 aliphatic rings. The quantitative estimate of drug-likeness (QED) is 0.817. The molecule has 1 N–H and O–H groups in total. The van der Waals surface area contributed by atoms with Gasteiger partial charge in [0.05, 0.1) is 12.5 Å². The third-order valence-electron chi connectivity index (χ3n) is 3.40. The van der Waals surface area contributed by atoms with Crippen molar-refractivity contribution in [3.05, 3.63) is 41.2 Å². The topological polar surface area (TPSA) is 69.0 Å². The Morgan fingerprint density at radius 2 is 2.35 bits per heavy atom. The molecule has 104 valence electrons. The fourth-order valence-corrected chi connectivity index (χ4v) is 2.05. The zero-order chi connectivity index (χ0) is 14.4. The monoisotopic (exact) mass is 270 g/mol. The van der Waals surface area contributed by atoms with Gasteiger partial charge in [0.2, 0.25) is 5.91 Å². The van der Waals surface area contributed by atoms with Gasteiger partial charge < -0.3 is 10.2 Å². The van der Waals surface area contributed by atoms with Crippen molar-refractivity contribution >= 4 is 5.91 Å². The van der Waals surface area contributed by atoms with Gasteiger partial charge in [-0.1, -0.05) is 6.07 Å². The van der Waals surface area contributed by atoms with E-state index in [0.29, 0.717) is 19.5 Å². The molecule has 0 aromatic carbocycles. The van der Waals surface area contributed by atoms with E-state index in [1.807, 2.05) is 19.1 Å². The Morgan fingerprint density at radius 1 is 1.55 bits per heavy atom. The molecular formula is C15H18N4O. The van der Waals surface area contributed by atoms with Crippen LogP contribution in [0.15, 0.2) is 35.7 Å². The number of rotatable bonds is 5. The summed E-state index contributed by atoms with van der Waals surface area (Å²) in [4.78, 5) is 18.3. The molecule has 1 saturated heterocycles. The maximum absolute atomic E-state index is 12.5. The zero-order valence-corrected chi connectivity index (χ0v) is 11.6. The number of hydrogen-bond acceptors (Lipinski definition) is 4. The summed E-state index contributed by atoms with van der Waals surface area (Å²) in [6.45, 7) is 4.38. The number of nitrogens with zero attached hydrogens (tertiary/aromatic N) is 3. The maximum Gasteiger partial charge on any atom is 0.249 e. The van der Waals surface area contributed by atoms with E-state index in [9.17, 15) is 4.79 Å². The molecule has 1 amide bonds. The second-order valence-electron chi connectivity index (χ2n) is 4.83. The highest BCUT2D eigenvalue weighted by Gasteiger charge is 2.21. The van der Waals surface area contributed by atoms with Gasteiger partial charge in [-0.05, 0) is 24.1 Å². The van der Waals surface area contributed by atoms with Crippen LogP contribution in [0, 0.1) is 11.3 Å². The molecule has 1 aromatic heterocycles. The summed E-state index contributed by atoms with van der Waals surface area (Å²) < 4.78 is 0. The van der Waals surface area contributed by atoms with Crippen LogP contribution in [-0.4, -0.2) is 35.4 Å². The van der Waals surface area contributed by atoms with Crippen LogP contribution in [-0.2, 0) is 11.3 Å². The molecule has 0 unspecified atom stereocenters. The average Bonchev–Trinajstić information content (AvgIpc) is 2.42. The number of amides is 1. The first kappa shape index (κ1) is 14.2. The minimum atomic E-state index is 0.0144. The van der Waals surface area contributed by atoms with Gasteiger partial charge >= 0.3 is 0 Å². The first-order valence-electron chi connectivity index (χ1n) is 6.67. The molecule has 0 aliphatic carbocycles. The van der Waals surface area contributed by atoms with Crippen LogP contribution >= 0.6 is 0 Å². The third-order valence-corrected chi connectivity index (χ3v) is 3.40. The lowest BCUT2D eigenvalue weighted by molar-refractivity contribution is -0.127. The van der Waals surface area contributed by atoms with Crippen molar-refractivity contribution in [2.45, 2.75) is 19.9 Å². The molecule has 1 fully saturated rings. The highest BCUT2D eigenvalue weighted by Crippen LogP contribution is 2.14. The Morgan fingerprint density at radius 3 is 2.90 bits per heavy atom. The summed E-state index contributed by atoms with van der Waals surface area (Å²) in [5, 5.41) is 11.9. The Bertz CT molecular complexity index is 539. The second kappa shape index (κ2) is 6.83. The molecule has 5 nitrogen and oxygen atoms in total. The van der Waals surface area contributed by atoms with Crippen LogP contribution in [0.4, 0.5) is 0 Å². The average molecular weight is 270 g/mol. The van der Waals surface area contributed by atoms with E-state index in [4.69, 9.17) is 5.26 Å².